The standard InChI is InChI=1S/C20H20ClNO4/c1-3-25-19(23)13-10-15-8-11-16(12-9-15)22-20(24)14(2)26-18-7-5-4-6-17(18)21/h4-14H,3H2,1-2H3,(H,22,24)/b13-10+. The van der Waals surface area contributed by atoms with Crippen molar-refractivity contribution in [1.82, 2.24) is 0 Å². The Bertz CT molecular complexity index is 787. The van der Waals surface area contributed by atoms with E-state index in [1.54, 1.807) is 68.5 Å². The third-order valence-corrected chi connectivity index (χ3v) is 3.70. The van der Waals surface area contributed by atoms with Gasteiger partial charge in [0, 0.05) is 11.8 Å². The highest BCUT2D eigenvalue weighted by Crippen LogP contribution is 2.24. The molecule has 136 valence electrons. The van der Waals surface area contributed by atoms with Gasteiger partial charge in [0.2, 0.25) is 0 Å². The van der Waals surface area contributed by atoms with Crippen molar-refractivity contribution in [1.29, 1.82) is 0 Å². The van der Waals surface area contributed by atoms with Gasteiger partial charge in [-0.05, 0) is 49.8 Å². The van der Waals surface area contributed by atoms with E-state index in [-0.39, 0.29) is 5.91 Å². The number of carbonyl (C=O) groups excluding carboxylic acids is 2. The van der Waals surface area contributed by atoms with Crippen LogP contribution in [-0.4, -0.2) is 24.6 Å². The fourth-order valence-corrected chi connectivity index (χ4v) is 2.24. The highest BCUT2D eigenvalue weighted by atomic mass is 35.5. The van der Waals surface area contributed by atoms with Crippen molar-refractivity contribution in [2.24, 2.45) is 0 Å². The van der Waals surface area contributed by atoms with Crippen LogP contribution in [0.15, 0.2) is 54.6 Å². The average Bonchev–Trinajstić information content (AvgIpc) is 2.63. The molecule has 2 aromatic carbocycles. The molecule has 0 aliphatic heterocycles. The Labute approximate surface area is 157 Å². The summed E-state index contributed by atoms with van der Waals surface area (Å²) < 4.78 is 10.4. The highest BCUT2D eigenvalue weighted by Gasteiger charge is 2.16. The number of rotatable bonds is 7. The van der Waals surface area contributed by atoms with Gasteiger partial charge in [-0.25, -0.2) is 4.79 Å². The number of ether oxygens (including phenoxy) is 2. The van der Waals surface area contributed by atoms with Gasteiger partial charge in [-0.2, -0.15) is 0 Å². The molecule has 0 bridgehead atoms. The number of hydrogen-bond acceptors (Lipinski definition) is 4. The summed E-state index contributed by atoms with van der Waals surface area (Å²) in [5.74, 6) is -0.230. The fourth-order valence-electron chi connectivity index (χ4n) is 2.06. The van der Waals surface area contributed by atoms with E-state index in [9.17, 15) is 9.59 Å². The van der Waals surface area contributed by atoms with Crippen LogP contribution >= 0.6 is 11.6 Å². The van der Waals surface area contributed by atoms with Crippen LogP contribution in [0.25, 0.3) is 6.08 Å². The molecule has 1 N–H and O–H groups in total. The van der Waals surface area contributed by atoms with Gasteiger partial charge in [-0.1, -0.05) is 35.9 Å². The number of nitrogens with one attached hydrogen (secondary N) is 1. The van der Waals surface area contributed by atoms with E-state index in [4.69, 9.17) is 21.1 Å². The lowest BCUT2D eigenvalue weighted by Gasteiger charge is -2.15. The van der Waals surface area contributed by atoms with Gasteiger partial charge in [0.05, 0.1) is 11.6 Å². The Kier molecular flexibility index (Phi) is 7.24. The zero-order chi connectivity index (χ0) is 18.9. The van der Waals surface area contributed by atoms with Crippen molar-refractivity contribution in [3.05, 3.63) is 65.2 Å². The zero-order valence-electron chi connectivity index (χ0n) is 14.6. The van der Waals surface area contributed by atoms with E-state index in [0.717, 1.165) is 5.56 Å². The number of benzene rings is 2. The summed E-state index contributed by atoms with van der Waals surface area (Å²) in [6, 6.07) is 14.0. The van der Waals surface area contributed by atoms with Crippen molar-refractivity contribution >= 4 is 35.2 Å². The normalized spacial score (nSPS) is 11.8. The van der Waals surface area contributed by atoms with Crippen molar-refractivity contribution in [3.63, 3.8) is 0 Å². The average molecular weight is 374 g/mol. The minimum atomic E-state index is -0.710. The summed E-state index contributed by atoms with van der Waals surface area (Å²) in [6.45, 7) is 3.73. The molecule has 0 aliphatic carbocycles. The fraction of sp³-hybridized carbons (Fsp3) is 0.200. The molecule has 2 aromatic rings. The minimum Gasteiger partial charge on any atom is -0.479 e. The van der Waals surface area contributed by atoms with Crippen molar-refractivity contribution in [3.8, 4) is 5.75 Å². The number of amides is 1. The lowest BCUT2D eigenvalue weighted by molar-refractivity contribution is -0.137. The number of para-hydroxylation sites is 1. The molecule has 0 fully saturated rings. The van der Waals surface area contributed by atoms with Crippen LogP contribution in [0.3, 0.4) is 0 Å². The molecule has 0 saturated heterocycles. The smallest absolute Gasteiger partial charge is 0.330 e. The zero-order valence-corrected chi connectivity index (χ0v) is 15.3. The number of carbonyl (C=O) groups is 2. The molecule has 6 heteroatoms. The SMILES string of the molecule is CCOC(=O)/C=C/c1ccc(NC(=O)C(C)Oc2ccccc2Cl)cc1. The first-order valence-electron chi connectivity index (χ1n) is 8.16. The largest absolute Gasteiger partial charge is 0.479 e. The molecule has 2 rings (SSSR count). The van der Waals surface area contributed by atoms with E-state index >= 15 is 0 Å². The Balaban J connectivity index is 1.92. The van der Waals surface area contributed by atoms with Gasteiger partial charge in [-0.3, -0.25) is 4.79 Å². The first-order valence-corrected chi connectivity index (χ1v) is 8.54. The molecule has 0 aromatic heterocycles. The molecule has 26 heavy (non-hydrogen) atoms. The Morgan fingerprint density at radius 2 is 1.85 bits per heavy atom. The van der Waals surface area contributed by atoms with Crippen LogP contribution in [0.1, 0.15) is 19.4 Å². The van der Waals surface area contributed by atoms with Crippen molar-refractivity contribution in [2.75, 3.05) is 11.9 Å². The van der Waals surface area contributed by atoms with Gasteiger partial charge < -0.3 is 14.8 Å². The van der Waals surface area contributed by atoms with E-state index in [1.807, 2.05) is 0 Å². The molecular formula is C20H20ClNO4. The molecule has 5 nitrogen and oxygen atoms in total. The Morgan fingerprint density at radius 1 is 1.15 bits per heavy atom. The van der Waals surface area contributed by atoms with Gasteiger partial charge in [0.1, 0.15) is 5.75 Å². The lowest BCUT2D eigenvalue weighted by atomic mass is 10.2. The molecule has 1 unspecified atom stereocenters. The second-order valence-electron chi connectivity index (χ2n) is 5.39. The molecular weight excluding hydrogens is 354 g/mol. The number of hydrogen-bond donors (Lipinski definition) is 1. The lowest BCUT2D eigenvalue weighted by Crippen LogP contribution is -2.30. The molecule has 0 radical (unpaired) electrons. The summed E-state index contributed by atoms with van der Waals surface area (Å²) in [4.78, 5) is 23.5. The number of esters is 1. The van der Waals surface area contributed by atoms with Crippen LogP contribution in [0.5, 0.6) is 5.75 Å². The van der Waals surface area contributed by atoms with Crippen LogP contribution in [-0.2, 0) is 14.3 Å². The van der Waals surface area contributed by atoms with Gasteiger partial charge >= 0.3 is 5.97 Å². The van der Waals surface area contributed by atoms with Gasteiger partial charge in [0.15, 0.2) is 6.10 Å². The van der Waals surface area contributed by atoms with E-state index in [1.165, 1.54) is 6.08 Å². The molecule has 0 spiro atoms. The summed E-state index contributed by atoms with van der Waals surface area (Å²) in [5.41, 5.74) is 1.44. The van der Waals surface area contributed by atoms with Crippen LogP contribution in [0, 0.1) is 0 Å². The predicted octanol–water partition coefficient (Wildman–Crippen LogP) is 4.32. The topological polar surface area (TPSA) is 64.6 Å². The molecule has 0 aliphatic rings. The Morgan fingerprint density at radius 3 is 2.50 bits per heavy atom. The summed E-state index contributed by atoms with van der Waals surface area (Å²) in [6.07, 6.45) is 2.29. The van der Waals surface area contributed by atoms with Gasteiger partial charge in [0.25, 0.3) is 5.91 Å². The third kappa shape index (κ3) is 5.93. The quantitative estimate of drug-likeness (QED) is 0.579. The minimum absolute atomic E-state index is 0.292. The van der Waals surface area contributed by atoms with Crippen LogP contribution < -0.4 is 10.1 Å². The predicted molar refractivity (Wildman–Crippen MR) is 102 cm³/mol. The molecule has 1 atom stereocenters. The van der Waals surface area contributed by atoms with E-state index in [2.05, 4.69) is 5.32 Å². The summed E-state index contributed by atoms with van der Waals surface area (Å²) >= 11 is 6.03. The summed E-state index contributed by atoms with van der Waals surface area (Å²) in [5, 5.41) is 3.22. The van der Waals surface area contributed by atoms with Gasteiger partial charge in [-0.15, -0.1) is 0 Å². The number of halogens is 1. The second kappa shape index (κ2) is 9.63. The molecule has 0 saturated carbocycles. The number of anilines is 1. The highest BCUT2D eigenvalue weighted by molar-refractivity contribution is 6.32. The third-order valence-electron chi connectivity index (χ3n) is 3.39. The molecule has 0 heterocycles. The van der Waals surface area contributed by atoms with Crippen LogP contribution in [0.2, 0.25) is 5.02 Å². The van der Waals surface area contributed by atoms with Crippen LogP contribution in [0.4, 0.5) is 5.69 Å². The van der Waals surface area contributed by atoms with Crippen molar-refractivity contribution < 1.29 is 19.1 Å². The first-order chi connectivity index (χ1) is 12.5. The molecule has 1 amide bonds. The first kappa shape index (κ1) is 19.5. The maximum Gasteiger partial charge on any atom is 0.330 e. The van der Waals surface area contributed by atoms with Crippen molar-refractivity contribution in [2.45, 2.75) is 20.0 Å². The second-order valence-corrected chi connectivity index (χ2v) is 5.79. The van der Waals surface area contributed by atoms with E-state index in [0.29, 0.717) is 23.1 Å². The summed E-state index contributed by atoms with van der Waals surface area (Å²) in [7, 11) is 0. The maximum absolute atomic E-state index is 12.2. The van der Waals surface area contributed by atoms with E-state index < -0.39 is 12.1 Å². The monoisotopic (exact) mass is 373 g/mol. The Hall–Kier alpha value is -2.79. The maximum atomic E-state index is 12.2.